The van der Waals surface area contributed by atoms with Gasteiger partial charge in [-0.2, -0.15) is 18.4 Å². The van der Waals surface area contributed by atoms with Crippen molar-refractivity contribution in [1.82, 2.24) is 5.32 Å². The number of alkyl halides is 3. The molecule has 0 atom stereocenters. The molecule has 1 heterocycles. The molecule has 0 amide bonds. The number of allylic oxidation sites excluding steroid dienone is 3. The van der Waals surface area contributed by atoms with Crippen LogP contribution in [0.25, 0.3) is 0 Å². The van der Waals surface area contributed by atoms with Gasteiger partial charge >= 0.3 is 6.18 Å². The molecule has 0 aromatic heterocycles. The highest BCUT2D eigenvalue weighted by Crippen LogP contribution is 2.39. The summed E-state index contributed by atoms with van der Waals surface area (Å²) in [6, 6.07) is 1.49. The van der Waals surface area contributed by atoms with Crippen LogP contribution in [-0.2, 0) is 0 Å². The zero-order chi connectivity index (χ0) is 10.9. The Bertz CT molecular complexity index is 384. The van der Waals surface area contributed by atoms with E-state index in [4.69, 9.17) is 5.26 Å². The lowest BCUT2D eigenvalue weighted by Crippen LogP contribution is -2.22. The third-order valence-corrected chi connectivity index (χ3v) is 2.41. The average Bonchev–Trinajstić information content (AvgIpc) is 2.06. The van der Waals surface area contributed by atoms with E-state index in [0.29, 0.717) is 0 Å². The molecule has 0 saturated carbocycles. The van der Waals surface area contributed by atoms with Gasteiger partial charge in [-0.1, -0.05) is 6.58 Å². The summed E-state index contributed by atoms with van der Waals surface area (Å²) >= 11 is 1.52. The predicted molar refractivity (Wildman–Crippen MR) is 53.1 cm³/mol. The van der Waals surface area contributed by atoms with Crippen molar-refractivity contribution in [1.29, 1.82) is 5.26 Å². The van der Waals surface area contributed by atoms with Crippen LogP contribution >= 0.6 is 22.6 Å². The van der Waals surface area contributed by atoms with E-state index in [1.54, 1.807) is 0 Å². The third kappa shape index (κ3) is 1.92. The molecule has 1 aliphatic rings. The van der Waals surface area contributed by atoms with E-state index in [1.165, 1.54) is 34.9 Å². The summed E-state index contributed by atoms with van der Waals surface area (Å²) in [5, 5.41) is 11.1. The largest absolute Gasteiger partial charge is 0.418 e. The van der Waals surface area contributed by atoms with Crippen LogP contribution in [-0.4, -0.2) is 6.18 Å². The number of halogens is 4. The second-order valence-electron chi connectivity index (χ2n) is 2.47. The minimum atomic E-state index is -4.52. The smallest absolute Gasteiger partial charge is 0.360 e. The Labute approximate surface area is 91.9 Å². The number of rotatable bonds is 0. The molecular formula is C8H4F3IN2. The summed E-state index contributed by atoms with van der Waals surface area (Å²) in [5.41, 5.74) is -1.41. The summed E-state index contributed by atoms with van der Waals surface area (Å²) in [6.45, 7) is 3.33. The van der Waals surface area contributed by atoms with Gasteiger partial charge in [-0.3, -0.25) is 0 Å². The zero-order valence-corrected chi connectivity index (χ0v) is 8.90. The van der Waals surface area contributed by atoms with Crippen LogP contribution in [0.5, 0.6) is 0 Å². The lowest BCUT2D eigenvalue weighted by molar-refractivity contribution is -0.0890. The summed E-state index contributed by atoms with van der Waals surface area (Å²) in [6.07, 6.45) is -3.35. The van der Waals surface area contributed by atoms with Gasteiger partial charge in [0, 0.05) is 15.5 Å². The number of hydrogen-bond acceptors (Lipinski definition) is 2. The van der Waals surface area contributed by atoms with Gasteiger partial charge in [0.05, 0.1) is 11.1 Å². The van der Waals surface area contributed by atoms with Crippen LogP contribution < -0.4 is 5.32 Å². The van der Waals surface area contributed by atoms with Crippen LogP contribution in [0.2, 0.25) is 0 Å². The van der Waals surface area contributed by atoms with E-state index < -0.39 is 17.3 Å². The maximum absolute atomic E-state index is 12.5. The molecule has 0 fully saturated rings. The van der Waals surface area contributed by atoms with Crippen molar-refractivity contribution in [2.45, 2.75) is 6.18 Å². The highest BCUT2D eigenvalue weighted by Gasteiger charge is 2.40. The third-order valence-electron chi connectivity index (χ3n) is 1.56. The minimum Gasteiger partial charge on any atom is -0.360 e. The van der Waals surface area contributed by atoms with E-state index in [9.17, 15) is 13.2 Å². The van der Waals surface area contributed by atoms with E-state index in [0.717, 1.165) is 0 Å². The molecule has 1 rings (SSSR count). The highest BCUT2D eigenvalue weighted by molar-refractivity contribution is 14.1. The maximum atomic E-state index is 12.5. The van der Waals surface area contributed by atoms with Crippen molar-refractivity contribution in [3.05, 3.63) is 33.2 Å². The van der Waals surface area contributed by atoms with Crippen LogP contribution in [0.1, 0.15) is 0 Å². The Balaban J connectivity index is 3.38. The van der Waals surface area contributed by atoms with Gasteiger partial charge in [0.25, 0.3) is 0 Å². The lowest BCUT2D eigenvalue weighted by Gasteiger charge is -2.19. The second kappa shape index (κ2) is 3.65. The first kappa shape index (κ1) is 11.1. The van der Waals surface area contributed by atoms with E-state index in [1.807, 2.05) is 0 Å². The molecule has 0 aromatic rings. The fraction of sp³-hybridized carbons (Fsp3) is 0.125. The molecule has 0 unspecified atom stereocenters. The number of hydrogen-bond donors (Lipinski definition) is 1. The monoisotopic (exact) mass is 312 g/mol. The number of nitriles is 1. The molecule has 6 heteroatoms. The van der Waals surface area contributed by atoms with E-state index in [2.05, 4.69) is 11.9 Å². The first-order chi connectivity index (χ1) is 6.38. The quantitative estimate of drug-likeness (QED) is 0.698. The molecule has 14 heavy (non-hydrogen) atoms. The first-order valence-corrected chi connectivity index (χ1v) is 4.49. The maximum Gasteiger partial charge on any atom is 0.418 e. The number of nitrogens with zero attached hydrogens (tertiary/aromatic N) is 1. The Kier molecular flexibility index (Phi) is 2.89. The topological polar surface area (TPSA) is 35.8 Å². The summed E-state index contributed by atoms with van der Waals surface area (Å²) < 4.78 is 37.4. The van der Waals surface area contributed by atoms with Crippen molar-refractivity contribution in [3.63, 3.8) is 0 Å². The Hall–Kier alpha value is -0.970. The van der Waals surface area contributed by atoms with Gasteiger partial charge in [0.2, 0.25) is 0 Å². The SMILES string of the molecule is C=C1NC=C(I)C(C(F)(F)F)=C1C#N. The Morgan fingerprint density at radius 3 is 2.43 bits per heavy atom. The van der Waals surface area contributed by atoms with Gasteiger partial charge in [-0.15, -0.1) is 0 Å². The average molecular weight is 312 g/mol. The van der Waals surface area contributed by atoms with Crippen LogP contribution in [0.3, 0.4) is 0 Å². The molecule has 0 spiro atoms. The van der Waals surface area contributed by atoms with Crippen molar-refractivity contribution < 1.29 is 13.2 Å². The summed E-state index contributed by atoms with van der Waals surface area (Å²) in [5.74, 6) is 0. The summed E-state index contributed by atoms with van der Waals surface area (Å²) in [4.78, 5) is 0. The zero-order valence-electron chi connectivity index (χ0n) is 6.74. The predicted octanol–water partition coefficient (Wildman–Crippen LogP) is 2.76. The molecular weight excluding hydrogens is 308 g/mol. The van der Waals surface area contributed by atoms with Crippen molar-refractivity contribution in [2.24, 2.45) is 0 Å². The Morgan fingerprint density at radius 1 is 1.50 bits per heavy atom. The van der Waals surface area contributed by atoms with Gasteiger partial charge in [0.15, 0.2) is 0 Å². The highest BCUT2D eigenvalue weighted by atomic mass is 127. The van der Waals surface area contributed by atoms with Crippen LogP contribution in [0.4, 0.5) is 13.2 Å². The van der Waals surface area contributed by atoms with Gasteiger partial charge in [0.1, 0.15) is 6.07 Å². The number of dihydropyridines is 1. The molecule has 0 aliphatic carbocycles. The van der Waals surface area contributed by atoms with Gasteiger partial charge in [-0.25, -0.2) is 0 Å². The molecule has 0 bridgehead atoms. The van der Waals surface area contributed by atoms with Crippen LogP contribution in [0, 0.1) is 11.3 Å². The van der Waals surface area contributed by atoms with Crippen molar-refractivity contribution in [3.8, 4) is 6.07 Å². The first-order valence-electron chi connectivity index (χ1n) is 3.41. The lowest BCUT2D eigenvalue weighted by atomic mass is 10.0. The van der Waals surface area contributed by atoms with Gasteiger partial charge < -0.3 is 5.32 Å². The molecule has 2 nitrogen and oxygen atoms in total. The van der Waals surface area contributed by atoms with Crippen LogP contribution in [0.15, 0.2) is 33.2 Å². The molecule has 74 valence electrons. The molecule has 1 N–H and O–H groups in total. The van der Waals surface area contributed by atoms with Crippen molar-refractivity contribution in [2.75, 3.05) is 0 Å². The molecule has 0 radical (unpaired) electrons. The summed E-state index contributed by atoms with van der Waals surface area (Å²) in [7, 11) is 0. The second-order valence-corrected chi connectivity index (χ2v) is 3.64. The molecule has 1 aliphatic heterocycles. The normalized spacial score (nSPS) is 17.4. The number of nitrogens with one attached hydrogen (secondary N) is 1. The van der Waals surface area contributed by atoms with E-state index >= 15 is 0 Å². The Morgan fingerprint density at radius 2 is 2.07 bits per heavy atom. The molecule has 0 aromatic carbocycles. The van der Waals surface area contributed by atoms with Crippen molar-refractivity contribution >= 4 is 22.6 Å². The standard InChI is InChI=1S/C8H4F3IN2/c1-4-5(2-13)7(8(9,10)11)6(12)3-14-4/h3,14H,1H2. The fourth-order valence-electron chi connectivity index (χ4n) is 0.966. The van der Waals surface area contributed by atoms with E-state index in [-0.39, 0.29) is 9.28 Å². The fourth-order valence-corrected chi connectivity index (χ4v) is 1.70. The minimum absolute atomic E-state index is 0.0276. The van der Waals surface area contributed by atoms with Gasteiger partial charge in [-0.05, 0) is 22.6 Å². The molecule has 0 saturated heterocycles.